The van der Waals surface area contributed by atoms with Crippen LogP contribution in [0.1, 0.15) is 10.4 Å². The Bertz CT molecular complexity index is 385. The van der Waals surface area contributed by atoms with Crippen LogP contribution in [0.2, 0.25) is 0 Å². The summed E-state index contributed by atoms with van der Waals surface area (Å²) in [6.45, 7) is 3.03. The maximum absolute atomic E-state index is 11.2. The molecule has 1 aromatic rings. The number of hydrogen-bond acceptors (Lipinski definition) is 5. The largest absolute Gasteiger partial charge is 0.378 e. The number of amides is 1. The minimum Gasteiger partial charge on any atom is -0.378 e. The first kappa shape index (κ1) is 11.8. The summed E-state index contributed by atoms with van der Waals surface area (Å²) in [6.07, 6.45) is 0. The molecule has 0 aliphatic carbocycles. The molecule has 2 N–H and O–H groups in total. The van der Waals surface area contributed by atoms with Gasteiger partial charge in [0.2, 0.25) is 0 Å². The molecule has 1 fully saturated rings. The highest BCUT2D eigenvalue weighted by Gasteiger charge is 2.14. The van der Waals surface area contributed by atoms with Crippen LogP contribution in [0.3, 0.4) is 0 Å². The van der Waals surface area contributed by atoms with Gasteiger partial charge < -0.3 is 9.64 Å². The van der Waals surface area contributed by atoms with E-state index in [-0.39, 0.29) is 5.56 Å². The zero-order chi connectivity index (χ0) is 12.3. The fraction of sp³-hybridized carbons (Fsp3) is 0.364. The van der Waals surface area contributed by atoms with E-state index in [9.17, 15) is 4.79 Å². The Morgan fingerprint density at radius 3 is 2.29 bits per heavy atom. The highest BCUT2D eigenvalue weighted by atomic mass is 16.8. The lowest BCUT2D eigenvalue weighted by molar-refractivity contribution is -0.260. The molecule has 1 heterocycles. The molecule has 0 saturated carbocycles. The Hall–Kier alpha value is -1.63. The number of hydrogen-bond donors (Lipinski definition) is 2. The second-order valence-corrected chi connectivity index (χ2v) is 3.74. The van der Waals surface area contributed by atoms with Gasteiger partial charge in [-0.2, -0.15) is 0 Å². The van der Waals surface area contributed by atoms with Crippen LogP contribution in [-0.4, -0.2) is 47.9 Å². The second kappa shape index (κ2) is 5.13. The predicted octanol–water partition coefficient (Wildman–Crippen LogP) is 0.744. The lowest BCUT2D eigenvalue weighted by Gasteiger charge is -2.28. The second-order valence-electron chi connectivity index (χ2n) is 3.74. The third kappa shape index (κ3) is 2.73. The standard InChI is InChI=1S/C11H14N2O4/c14-11(13(15)16)9-1-3-10(4-2-9)12-5-7-17-8-6-12/h1-4,15-16H,5-8H2. The average molecular weight is 238 g/mol. The topological polar surface area (TPSA) is 73.2 Å². The highest BCUT2D eigenvalue weighted by molar-refractivity contribution is 5.92. The van der Waals surface area contributed by atoms with Gasteiger partial charge in [-0.25, -0.2) is 0 Å². The molecule has 0 unspecified atom stereocenters. The molecule has 1 aliphatic heterocycles. The van der Waals surface area contributed by atoms with E-state index in [2.05, 4.69) is 4.90 Å². The number of benzene rings is 1. The number of hydroxylamine groups is 2. The molecule has 0 radical (unpaired) electrons. The van der Waals surface area contributed by atoms with Gasteiger partial charge in [0, 0.05) is 24.3 Å². The molecule has 1 saturated heterocycles. The quantitative estimate of drug-likeness (QED) is 0.587. The lowest BCUT2D eigenvalue weighted by Crippen LogP contribution is -2.36. The molecule has 1 aromatic carbocycles. The van der Waals surface area contributed by atoms with Crippen molar-refractivity contribution in [3.63, 3.8) is 0 Å². The van der Waals surface area contributed by atoms with Crippen LogP contribution >= 0.6 is 0 Å². The van der Waals surface area contributed by atoms with Gasteiger partial charge in [-0.05, 0) is 24.3 Å². The SMILES string of the molecule is O=C(c1ccc(N2CCOCC2)cc1)N(O)O. The maximum Gasteiger partial charge on any atom is 0.303 e. The molecular weight excluding hydrogens is 224 g/mol. The fourth-order valence-electron chi connectivity index (χ4n) is 1.75. The van der Waals surface area contributed by atoms with Gasteiger partial charge in [0.1, 0.15) is 0 Å². The zero-order valence-electron chi connectivity index (χ0n) is 9.24. The summed E-state index contributed by atoms with van der Waals surface area (Å²) in [7, 11) is 0. The number of anilines is 1. The summed E-state index contributed by atoms with van der Waals surface area (Å²) in [4.78, 5) is 13.4. The molecule has 1 aliphatic rings. The van der Waals surface area contributed by atoms with Crippen LogP contribution in [0.15, 0.2) is 24.3 Å². The molecule has 0 spiro atoms. The molecule has 0 atom stereocenters. The van der Waals surface area contributed by atoms with E-state index in [4.69, 9.17) is 15.2 Å². The fourth-order valence-corrected chi connectivity index (χ4v) is 1.75. The smallest absolute Gasteiger partial charge is 0.303 e. The first-order valence-electron chi connectivity index (χ1n) is 5.33. The van der Waals surface area contributed by atoms with E-state index in [0.717, 1.165) is 18.8 Å². The van der Waals surface area contributed by atoms with Crippen LogP contribution in [0.5, 0.6) is 0 Å². The van der Waals surface area contributed by atoms with Crippen molar-refractivity contribution in [2.24, 2.45) is 0 Å². The Balaban J connectivity index is 2.09. The molecule has 17 heavy (non-hydrogen) atoms. The minimum absolute atomic E-state index is 0.229. The molecule has 1 amide bonds. The van der Waals surface area contributed by atoms with Crippen molar-refractivity contribution >= 4 is 11.6 Å². The molecule has 6 heteroatoms. The van der Waals surface area contributed by atoms with E-state index in [0.29, 0.717) is 13.2 Å². The number of carbonyl (C=O) groups excluding carboxylic acids is 1. The van der Waals surface area contributed by atoms with Gasteiger partial charge in [-0.3, -0.25) is 15.2 Å². The monoisotopic (exact) mass is 238 g/mol. The van der Waals surface area contributed by atoms with Crippen LogP contribution < -0.4 is 4.90 Å². The van der Waals surface area contributed by atoms with Crippen LogP contribution in [0, 0.1) is 0 Å². The summed E-state index contributed by atoms with van der Waals surface area (Å²) in [5, 5.41) is 16.8. The van der Waals surface area contributed by atoms with Crippen molar-refractivity contribution in [2.45, 2.75) is 0 Å². The van der Waals surface area contributed by atoms with E-state index < -0.39 is 11.1 Å². The van der Waals surface area contributed by atoms with Gasteiger partial charge in [0.05, 0.1) is 13.2 Å². The molecular formula is C11H14N2O4. The predicted molar refractivity (Wildman–Crippen MR) is 59.2 cm³/mol. The Morgan fingerprint density at radius 2 is 1.76 bits per heavy atom. The molecule has 92 valence electrons. The third-order valence-electron chi connectivity index (χ3n) is 2.67. The van der Waals surface area contributed by atoms with Gasteiger partial charge >= 0.3 is 5.91 Å². The first-order valence-corrected chi connectivity index (χ1v) is 5.33. The van der Waals surface area contributed by atoms with Crippen LogP contribution in [0.4, 0.5) is 5.69 Å². The molecule has 2 rings (SSSR count). The molecule has 0 aromatic heterocycles. The number of morpholine rings is 1. The Morgan fingerprint density at radius 1 is 1.18 bits per heavy atom. The summed E-state index contributed by atoms with van der Waals surface area (Å²) < 4.78 is 5.25. The summed E-state index contributed by atoms with van der Waals surface area (Å²) in [5.74, 6) is -0.849. The van der Waals surface area contributed by atoms with Crippen molar-refractivity contribution in [3.8, 4) is 0 Å². The van der Waals surface area contributed by atoms with Gasteiger partial charge in [-0.1, -0.05) is 5.23 Å². The van der Waals surface area contributed by atoms with Gasteiger partial charge in [0.15, 0.2) is 0 Å². The van der Waals surface area contributed by atoms with Crippen LogP contribution in [0.25, 0.3) is 0 Å². The van der Waals surface area contributed by atoms with Crippen LogP contribution in [-0.2, 0) is 4.74 Å². The number of rotatable bonds is 2. The number of carbonyl (C=O) groups is 1. The minimum atomic E-state index is -0.849. The van der Waals surface area contributed by atoms with Crippen molar-refractivity contribution in [1.82, 2.24) is 5.23 Å². The summed E-state index contributed by atoms with van der Waals surface area (Å²) in [5.41, 5.74) is 1.22. The molecule has 6 nitrogen and oxygen atoms in total. The first-order chi connectivity index (χ1) is 8.18. The zero-order valence-corrected chi connectivity index (χ0v) is 9.24. The summed E-state index contributed by atoms with van der Waals surface area (Å²) >= 11 is 0. The Labute approximate surface area is 98.5 Å². The average Bonchev–Trinajstić information content (AvgIpc) is 2.39. The van der Waals surface area contributed by atoms with E-state index in [1.54, 1.807) is 24.3 Å². The van der Waals surface area contributed by atoms with E-state index in [1.807, 2.05) is 0 Å². The summed E-state index contributed by atoms with van der Waals surface area (Å²) in [6, 6.07) is 6.68. The number of ether oxygens (including phenoxy) is 1. The van der Waals surface area contributed by atoms with Gasteiger partial charge in [-0.15, -0.1) is 0 Å². The van der Waals surface area contributed by atoms with Crippen molar-refractivity contribution < 1.29 is 19.9 Å². The van der Waals surface area contributed by atoms with Crippen molar-refractivity contribution in [3.05, 3.63) is 29.8 Å². The third-order valence-corrected chi connectivity index (χ3v) is 2.67. The van der Waals surface area contributed by atoms with E-state index >= 15 is 0 Å². The van der Waals surface area contributed by atoms with Gasteiger partial charge in [0.25, 0.3) is 0 Å². The highest BCUT2D eigenvalue weighted by Crippen LogP contribution is 2.17. The normalized spacial score (nSPS) is 15.8. The maximum atomic E-state index is 11.2. The Kier molecular flexibility index (Phi) is 3.58. The van der Waals surface area contributed by atoms with Crippen molar-refractivity contribution in [1.29, 1.82) is 0 Å². The lowest BCUT2D eigenvalue weighted by atomic mass is 10.2. The molecule has 0 bridgehead atoms. The van der Waals surface area contributed by atoms with E-state index in [1.165, 1.54) is 0 Å². The van der Waals surface area contributed by atoms with Crippen molar-refractivity contribution in [2.75, 3.05) is 31.2 Å². The number of nitrogens with zero attached hydrogens (tertiary/aromatic N) is 2.